The summed E-state index contributed by atoms with van der Waals surface area (Å²) < 4.78 is 5.37. The molecule has 1 atom stereocenters. The summed E-state index contributed by atoms with van der Waals surface area (Å²) in [6.45, 7) is 13.0. The zero-order valence-corrected chi connectivity index (χ0v) is 21.8. The van der Waals surface area contributed by atoms with E-state index < -0.39 is 0 Å². The molecule has 0 radical (unpaired) electrons. The van der Waals surface area contributed by atoms with E-state index in [-0.39, 0.29) is 35.5 Å². The van der Waals surface area contributed by atoms with Crippen LogP contribution in [0.25, 0.3) is 0 Å². The van der Waals surface area contributed by atoms with Gasteiger partial charge in [-0.2, -0.15) is 0 Å². The molecule has 0 aliphatic carbocycles. The molecule has 29 heavy (non-hydrogen) atoms. The van der Waals surface area contributed by atoms with Gasteiger partial charge in [0.25, 0.3) is 0 Å². The van der Waals surface area contributed by atoms with Gasteiger partial charge in [-0.15, -0.1) is 35.3 Å². The Kier molecular flexibility index (Phi) is 10.6. The number of hydrogen-bond acceptors (Lipinski definition) is 4. The Labute approximate surface area is 197 Å². The number of halogens is 1. The third-order valence-electron chi connectivity index (χ3n) is 4.86. The minimum absolute atomic E-state index is 0. The number of hydrogen-bond donors (Lipinski definition) is 1. The van der Waals surface area contributed by atoms with Crippen molar-refractivity contribution in [3.8, 4) is 0 Å². The maximum absolute atomic E-state index is 5.37. The van der Waals surface area contributed by atoms with Crippen molar-refractivity contribution in [1.29, 1.82) is 0 Å². The fraction of sp³-hybridized carbons (Fsp3) is 0.545. The number of methoxy groups -OCH3 is 1. The molecule has 1 aromatic heterocycles. The summed E-state index contributed by atoms with van der Waals surface area (Å²) in [5.74, 6) is 0.901. The van der Waals surface area contributed by atoms with E-state index in [4.69, 9.17) is 14.7 Å². The van der Waals surface area contributed by atoms with Gasteiger partial charge in [0.15, 0.2) is 5.96 Å². The summed E-state index contributed by atoms with van der Waals surface area (Å²) >= 11 is 1.64. The summed E-state index contributed by atoms with van der Waals surface area (Å²) in [4.78, 5) is 11.8. The highest BCUT2D eigenvalue weighted by Crippen LogP contribution is 2.26. The lowest BCUT2D eigenvalue weighted by atomic mass is 9.82. The molecule has 7 heteroatoms. The first kappa shape index (κ1) is 25.8. The van der Waals surface area contributed by atoms with Crippen LogP contribution in [-0.4, -0.2) is 43.1 Å². The van der Waals surface area contributed by atoms with Gasteiger partial charge in [-0.25, -0.2) is 4.98 Å². The molecule has 0 saturated heterocycles. The highest BCUT2D eigenvalue weighted by atomic mass is 127. The topological polar surface area (TPSA) is 49.8 Å². The number of benzene rings is 1. The highest BCUT2D eigenvalue weighted by Gasteiger charge is 2.22. The van der Waals surface area contributed by atoms with Crippen molar-refractivity contribution in [2.75, 3.05) is 27.2 Å². The molecule has 1 heterocycles. The van der Waals surface area contributed by atoms with Crippen molar-refractivity contribution in [3.63, 3.8) is 0 Å². The van der Waals surface area contributed by atoms with E-state index in [0.717, 1.165) is 23.2 Å². The molecule has 0 aliphatic rings. The minimum atomic E-state index is -0.0332. The van der Waals surface area contributed by atoms with Crippen LogP contribution in [0.4, 0.5) is 0 Å². The van der Waals surface area contributed by atoms with Crippen LogP contribution < -0.4 is 5.32 Å². The van der Waals surface area contributed by atoms with Crippen molar-refractivity contribution in [2.45, 2.75) is 52.7 Å². The lowest BCUT2D eigenvalue weighted by Gasteiger charge is -2.27. The first-order chi connectivity index (χ1) is 13.3. The van der Waals surface area contributed by atoms with Crippen molar-refractivity contribution < 1.29 is 4.74 Å². The number of guanidine groups is 1. The Morgan fingerprint density at radius 1 is 1.34 bits per heavy atom. The summed E-state index contributed by atoms with van der Waals surface area (Å²) in [6, 6.07) is 8.56. The van der Waals surface area contributed by atoms with Crippen LogP contribution >= 0.6 is 35.3 Å². The van der Waals surface area contributed by atoms with Crippen molar-refractivity contribution >= 4 is 41.3 Å². The molecular weight excluding hydrogens is 495 g/mol. The Balaban J connectivity index is 0.00000420. The zero-order chi connectivity index (χ0) is 20.7. The molecule has 0 spiro atoms. The van der Waals surface area contributed by atoms with Gasteiger partial charge in [-0.3, -0.25) is 4.99 Å². The monoisotopic (exact) mass is 530 g/mol. The number of ether oxygens (including phenoxy) is 1. The van der Waals surface area contributed by atoms with Gasteiger partial charge >= 0.3 is 0 Å². The molecular formula is C22H35IN4OS. The predicted octanol–water partition coefficient (Wildman–Crippen LogP) is 5.15. The maximum atomic E-state index is 5.37. The third-order valence-corrected chi connectivity index (χ3v) is 5.92. The second kappa shape index (κ2) is 11.9. The van der Waals surface area contributed by atoms with Gasteiger partial charge in [0.05, 0.1) is 18.8 Å². The molecule has 0 aliphatic heterocycles. The van der Waals surface area contributed by atoms with Crippen molar-refractivity contribution in [1.82, 2.24) is 15.2 Å². The van der Waals surface area contributed by atoms with Crippen LogP contribution in [0.15, 0.2) is 34.6 Å². The highest BCUT2D eigenvalue weighted by molar-refractivity contribution is 14.0. The molecule has 0 fully saturated rings. The van der Waals surface area contributed by atoms with Crippen LogP contribution in [0.5, 0.6) is 0 Å². The second-order valence-corrected chi connectivity index (χ2v) is 8.67. The predicted molar refractivity (Wildman–Crippen MR) is 135 cm³/mol. The van der Waals surface area contributed by atoms with E-state index in [1.807, 2.05) is 6.92 Å². The molecule has 5 nitrogen and oxygen atoms in total. The number of rotatable bonds is 8. The number of aryl methyl sites for hydroxylation is 1. The number of nitrogens with zero attached hydrogens (tertiary/aromatic N) is 3. The van der Waals surface area contributed by atoms with Gasteiger partial charge in [-0.05, 0) is 31.9 Å². The number of thiazole rings is 1. The summed E-state index contributed by atoms with van der Waals surface area (Å²) in [7, 11) is 3.77. The quantitative estimate of drug-likeness (QED) is 0.291. The van der Waals surface area contributed by atoms with Crippen LogP contribution in [0.1, 0.15) is 55.6 Å². The molecule has 1 N–H and O–H groups in total. The van der Waals surface area contributed by atoms with Gasteiger partial charge in [0.2, 0.25) is 0 Å². The average Bonchev–Trinajstić information content (AvgIpc) is 3.13. The smallest absolute Gasteiger partial charge is 0.194 e. The second-order valence-electron chi connectivity index (χ2n) is 7.78. The molecule has 1 aromatic carbocycles. The first-order valence-corrected chi connectivity index (χ1v) is 10.7. The Bertz CT molecular complexity index is 791. The number of aromatic nitrogens is 1. The summed E-state index contributed by atoms with van der Waals surface area (Å²) in [6.07, 6.45) is 0.0286. The summed E-state index contributed by atoms with van der Waals surface area (Å²) in [5, 5.41) is 6.52. The van der Waals surface area contributed by atoms with E-state index in [1.54, 1.807) is 18.4 Å². The fourth-order valence-electron chi connectivity index (χ4n) is 3.16. The third kappa shape index (κ3) is 7.22. The maximum Gasteiger partial charge on any atom is 0.194 e. The molecule has 2 rings (SSSR count). The lowest BCUT2D eigenvalue weighted by molar-refractivity contribution is 0.119. The van der Waals surface area contributed by atoms with Crippen molar-refractivity contribution in [2.24, 2.45) is 4.99 Å². The first-order valence-electron chi connectivity index (χ1n) is 9.81. The molecule has 162 valence electrons. The van der Waals surface area contributed by atoms with E-state index in [0.29, 0.717) is 13.1 Å². The lowest BCUT2D eigenvalue weighted by Crippen LogP contribution is -2.39. The van der Waals surface area contributed by atoms with Gasteiger partial charge in [0, 0.05) is 31.5 Å². The van der Waals surface area contributed by atoms with Crippen LogP contribution in [0.2, 0.25) is 0 Å². The minimum Gasteiger partial charge on any atom is -0.375 e. The zero-order valence-electron chi connectivity index (χ0n) is 18.7. The SMILES string of the molecule is CCNC(=NCC(C)(C)c1ccccc1C)N(C)Cc1csc(C(C)OC)n1.I. The largest absolute Gasteiger partial charge is 0.375 e. The fourth-order valence-corrected chi connectivity index (χ4v) is 4.00. The van der Waals surface area contributed by atoms with E-state index in [9.17, 15) is 0 Å². The average molecular weight is 531 g/mol. The van der Waals surface area contributed by atoms with E-state index in [2.05, 4.69) is 74.6 Å². The number of aliphatic imine (C=N–C) groups is 1. The van der Waals surface area contributed by atoms with Gasteiger partial charge < -0.3 is 15.0 Å². The Morgan fingerprint density at radius 3 is 2.66 bits per heavy atom. The Hall–Kier alpha value is -1.19. The standard InChI is InChI=1S/C22H34N4OS.HI/c1-8-23-21(24-15-22(4,5)19-12-10-9-11-16(19)2)26(6)13-18-14-28-20(25-18)17(3)27-7;/h9-12,14,17H,8,13,15H2,1-7H3,(H,23,24);1H. The van der Waals surface area contributed by atoms with Crippen LogP contribution in [0, 0.1) is 6.92 Å². The number of nitrogens with one attached hydrogen (secondary N) is 1. The molecule has 0 bridgehead atoms. The van der Waals surface area contributed by atoms with Crippen LogP contribution in [-0.2, 0) is 16.7 Å². The molecule has 0 amide bonds. The molecule has 1 unspecified atom stereocenters. The normalized spacial score (nSPS) is 13.0. The molecule has 2 aromatic rings. The van der Waals surface area contributed by atoms with Crippen LogP contribution in [0.3, 0.4) is 0 Å². The molecule has 0 saturated carbocycles. The van der Waals surface area contributed by atoms with Crippen molar-refractivity contribution in [3.05, 3.63) is 51.5 Å². The Morgan fingerprint density at radius 2 is 2.03 bits per heavy atom. The summed E-state index contributed by atoms with van der Waals surface area (Å²) in [5.41, 5.74) is 3.66. The van der Waals surface area contributed by atoms with E-state index in [1.165, 1.54) is 11.1 Å². The van der Waals surface area contributed by atoms with E-state index >= 15 is 0 Å². The van der Waals surface area contributed by atoms with Gasteiger partial charge in [-0.1, -0.05) is 38.1 Å². The van der Waals surface area contributed by atoms with Gasteiger partial charge in [0.1, 0.15) is 11.1 Å².